The van der Waals surface area contributed by atoms with Gasteiger partial charge in [-0.1, -0.05) is 34.6 Å². The Balaban J connectivity index is 2.91. The summed E-state index contributed by atoms with van der Waals surface area (Å²) in [6, 6.07) is -1.39. The van der Waals surface area contributed by atoms with Gasteiger partial charge in [0.15, 0.2) is 0 Å². The molecule has 1 fully saturated rings. The Morgan fingerprint density at radius 2 is 1.84 bits per heavy atom. The number of nitrogens with zero attached hydrogens (tertiary/aromatic N) is 1. The first-order valence-electron chi connectivity index (χ1n) is 6.84. The van der Waals surface area contributed by atoms with Crippen molar-refractivity contribution in [1.82, 2.24) is 4.90 Å². The smallest absolute Gasteiger partial charge is 0.326 e. The van der Waals surface area contributed by atoms with Crippen LogP contribution in [0.4, 0.5) is 0 Å². The fraction of sp³-hybridized carbons (Fsp3) is 0.857. The number of carboxylic acid groups (broad SMARTS) is 1. The zero-order valence-corrected chi connectivity index (χ0v) is 12.5. The van der Waals surface area contributed by atoms with Crippen molar-refractivity contribution in [3.05, 3.63) is 0 Å². The average Bonchev–Trinajstić information content (AvgIpc) is 2.70. The van der Waals surface area contributed by atoms with Crippen molar-refractivity contribution in [2.24, 2.45) is 23.0 Å². The topological polar surface area (TPSA) is 83.6 Å². The van der Waals surface area contributed by atoms with Gasteiger partial charge in [-0.3, -0.25) is 4.79 Å². The van der Waals surface area contributed by atoms with E-state index in [-0.39, 0.29) is 17.2 Å². The van der Waals surface area contributed by atoms with E-state index >= 15 is 0 Å². The zero-order chi connectivity index (χ0) is 15.0. The van der Waals surface area contributed by atoms with Crippen LogP contribution in [-0.2, 0) is 9.59 Å². The minimum absolute atomic E-state index is 0.234. The van der Waals surface area contributed by atoms with Gasteiger partial charge in [0.2, 0.25) is 5.91 Å². The number of carboxylic acids is 1. The maximum atomic E-state index is 12.4. The summed E-state index contributed by atoms with van der Waals surface area (Å²) in [7, 11) is 0. The van der Waals surface area contributed by atoms with E-state index < -0.39 is 18.1 Å². The molecule has 0 aromatic heterocycles. The monoisotopic (exact) mass is 270 g/mol. The Labute approximate surface area is 115 Å². The molecule has 0 bridgehead atoms. The second kappa shape index (κ2) is 5.49. The van der Waals surface area contributed by atoms with Crippen molar-refractivity contribution in [3.63, 3.8) is 0 Å². The van der Waals surface area contributed by atoms with Gasteiger partial charge in [0.05, 0.1) is 6.04 Å². The Morgan fingerprint density at radius 1 is 1.32 bits per heavy atom. The highest BCUT2D eigenvalue weighted by atomic mass is 16.4. The molecule has 1 heterocycles. The van der Waals surface area contributed by atoms with Crippen LogP contribution in [0.25, 0.3) is 0 Å². The summed E-state index contributed by atoms with van der Waals surface area (Å²) in [5.74, 6) is -0.580. The standard InChI is InChI=1S/C14H26N2O3/c1-8(2)9-6-10(13(18)19)16(7-9)12(17)11(15)14(3,4)5/h8-11H,6-7,15H2,1-5H3,(H,18,19)/t9?,10?,11-/m1/s1. The van der Waals surface area contributed by atoms with E-state index in [0.717, 1.165) is 0 Å². The molecule has 0 aromatic rings. The lowest BCUT2D eigenvalue weighted by molar-refractivity contribution is -0.149. The zero-order valence-electron chi connectivity index (χ0n) is 12.5. The van der Waals surface area contributed by atoms with Gasteiger partial charge in [-0.15, -0.1) is 0 Å². The predicted octanol–water partition coefficient (Wildman–Crippen LogP) is 1.32. The summed E-state index contributed by atoms with van der Waals surface area (Å²) >= 11 is 0. The van der Waals surface area contributed by atoms with Crippen molar-refractivity contribution in [2.75, 3.05) is 6.54 Å². The van der Waals surface area contributed by atoms with E-state index in [0.29, 0.717) is 18.9 Å². The molecule has 0 aromatic carbocycles. The molecule has 19 heavy (non-hydrogen) atoms. The predicted molar refractivity (Wildman–Crippen MR) is 73.5 cm³/mol. The van der Waals surface area contributed by atoms with Crippen LogP contribution in [0.3, 0.4) is 0 Å². The van der Waals surface area contributed by atoms with Gasteiger partial charge in [-0.2, -0.15) is 0 Å². The number of hydrogen-bond donors (Lipinski definition) is 2. The van der Waals surface area contributed by atoms with Gasteiger partial charge in [0.25, 0.3) is 0 Å². The Morgan fingerprint density at radius 3 is 2.21 bits per heavy atom. The van der Waals surface area contributed by atoms with E-state index in [1.807, 2.05) is 20.8 Å². The third-order valence-electron chi connectivity index (χ3n) is 4.04. The van der Waals surface area contributed by atoms with Crippen LogP contribution >= 0.6 is 0 Å². The van der Waals surface area contributed by atoms with Crippen molar-refractivity contribution < 1.29 is 14.7 Å². The van der Waals surface area contributed by atoms with Gasteiger partial charge in [-0.05, 0) is 23.7 Å². The highest BCUT2D eigenvalue weighted by Gasteiger charge is 2.43. The molecular weight excluding hydrogens is 244 g/mol. The van der Waals surface area contributed by atoms with Crippen molar-refractivity contribution >= 4 is 11.9 Å². The van der Waals surface area contributed by atoms with Gasteiger partial charge >= 0.3 is 5.97 Å². The van der Waals surface area contributed by atoms with Gasteiger partial charge < -0.3 is 15.7 Å². The molecule has 3 atom stereocenters. The van der Waals surface area contributed by atoms with Crippen LogP contribution in [0.1, 0.15) is 41.0 Å². The third kappa shape index (κ3) is 3.47. The number of carbonyl (C=O) groups is 2. The first-order valence-corrected chi connectivity index (χ1v) is 6.84. The van der Waals surface area contributed by atoms with Crippen LogP contribution in [0.15, 0.2) is 0 Å². The fourth-order valence-electron chi connectivity index (χ4n) is 2.38. The highest BCUT2D eigenvalue weighted by Crippen LogP contribution is 2.31. The molecule has 3 N–H and O–H groups in total. The number of nitrogens with two attached hydrogens (primary N) is 1. The SMILES string of the molecule is CC(C)C1CC(C(=O)O)N(C(=O)[C@@H](N)C(C)(C)C)C1. The van der Waals surface area contributed by atoms with E-state index in [1.165, 1.54) is 4.90 Å². The van der Waals surface area contributed by atoms with Gasteiger partial charge in [0, 0.05) is 6.54 Å². The molecule has 1 aliphatic rings. The molecule has 1 amide bonds. The maximum absolute atomic E-state index is 12.4. The molecule has 0 spiro atoms. The van der Waals surface area contributed by atoms with E-state index in [2.05, 4.69) is 13.8 Å². The molecule has 0 aliphatic carbocycles. The molecule has 1 saturated heterocycles. The maximum Gasteiger partial charge on any atom is 0.326 e. The summed E-state index contributed by atoms with van der Waals surface area (Å²) < 4.78 is 0. The number of hydrogen-bond acceptors (Lipinski definition) is 3. The van der Waals surface area contributed by atoms with Crippen LogP contribution in [0, 0.1) is 17.3 Å². The van der Waals surface area contributed by atoms with Crippen LogP contribution in [-0.4, -0.2) is 40.5 Å². The molecule has 0 saturated carbocycles. The van der Waals surface area contributed by atoms with Crippen molar-refractivity contribution in [2.45, 2.75) is 53.1 Å². The number of likely N-dealkylation sites (tertiary alicyclic amines) is 1. The summed E-state index contributed by atoms with van der Waals surface area (Å²) in [6.07, 6.45) is 0.523. The first-order chi connectivity index (χ1) is 8.55. The molecule has 2 unspecified atom stereocenters. The van der Waals surface area contributed by atoms with Crippen LogP contribution in [0.2, 0.25) is 0 Å². The second-order valence-electron chi connectivity index (χ2n) is 6.93. The lowest BCUT2D eigenvalue weighted by Crippen LogP contribution is -2.53. The number of amides is 1. The van der Waals surface area contributed by atoms with Crippen molar-refractivity contribution in [1.29, 1.82) is 0 Å². The number of carbonyl (C=O) groups excluding carboxylic acids is 1. The Hall–Kier alpha value is -1.10. The minimum Gasteiger partial charge on any atom is -0.480 e. The summed E-state index contributed by atoms with van der Waals surface area (Å²) in [4.78, 5) is 25.2. The largest absolute Gasteiger partial charge is 0.480 e. The molecule has 1 aliphatic heterocycles. The van der Waals surface area contributed by atoms with E-state index in [4.69, 9.17) is 5.73 Å². The van der Waals surface area contributed by atoms with E-state index in [9.17, 15) is 14.7 Å². The van der Waals surface area contributed by atoms with Crippen LogP contribution in [0.5, 0.6) is 0 Å². The van der Waals surface area contributed by atoms with E-state index in [1.54, 1.807) is 0 Å². The summed E-state index contributed by atoms with van der Waals surface area (Å²) in [5, 5.41) is 9.28. The number of rotatable bonds is 3. The molecule has 0 radical (unpaired) electrons. The number of aliphatic carboxylic acids is 1. The third-order valence-corrected chi connectivity index (χ3v) is 4.04. The second-order valence-corrected chi connectivity index (χ2v) is 6.93. The minimum atomic E-state index is -0.933. The van der Waals surface area contributed by atoms with Gasteiger partial charge in [0.1, 0.15) is 6.04 Å². The first kappa shape index (κ1) is 16.0. The lowest BCUT2D eigenvalue weighted by atomic mass is 9.86. The average molecular weight is 270 g/mol. The fourth-order valence-corrected chi connectivity index (χ4v) is 2.38. The molecule has 5 heteroatoms. The molecule has 1 rings (SSSR count). The quantitative estimate of drug-likeness (QED) is 0.810. The Kier molecular flexibility index (Phi) is 4.61. The molecule has 110 valence electrons. The highest BCUT2D eigenvalue weighted by molar-refractivity contribution is 5.88. The molecule has 5 nitrogen and oxygen atoms in total. The van der Waals surface area contributed by atoms with Crippen molar-refractivity contribution in [3.8, 4) is 0 Å². The summed E-state index contributed by atoms with van der Waals surface area (Å²) in [6.45, 7) is 10.3. The van der Waals surface area contributed by atoms with Crippen LogP contribution < -0.4 is 5.73 Å². The Bertz CT molecular complexity index is 360. The van der Waals surface area contributed by atoms with Gasteiger partial charge in [-0.25, -0.2) is 4.79 Å². The normalized spacial score (nSPS) is 25.7. The molecular formula is C14H26N2O3. The summed E-state index contributed by atoms with van der Waals surface area (Å²) in [5.41, 5.74) is 5.61. The lowest BCUT2D eigenvalue weighted by Gasteiger charge is -2.31.